The maximum absolute atomic E-state index is 12.0. The molecule has 0 saturated heterocycles. The van der Waals surface area contributed by atoms with Gasteiger partial charge in [-0.25, -0.2) is 4.79 Å². The van der Waals surface area contributed by atoms with Crippen LogP contribution in [0.5, 0.6) is 0 Å². The van der Waals surface area contributed by atoms with E-state index in [9.17, 15) is 9.59 Å². The van der Waals surface area contributed by atoms with Gasteiger partial charge in [0.15, 0.2) is 0 Å². The Bertz CT molecular complexity index is 585. The normalized spacial score (nSPS) is 10.9. The fraction of sp³-hybridized carbons (Fsp3) is 0.0588. The fourth-order valence-corrected chi connectivity index (χ4v) is 1.52. The van der Waals surface area contributed by atoms with Gasteiger partial charge in [0, 0.05) is 0 Å². The number of carbonyl (C=O) groups excluding carboxylic acids is 2. The third kappa shape index (κ3) is 4.95. The van der Waals surface area contributed by atoms with E-state index in [0.717, 1.165) is 11.6 Å². The van der Waals surface area contributed by atoms with Crippen LogP contribution >= 0.6 is 0 Å². The van der Waals surface area contributed by atoms with Gasteiger partial charge in [0.2, 0.25) is 5.91 Å². The van der Waals surface area contributed by atoms with E-state index in [2.05, 4.69) is 25.1 Å². The molecule has 0 aliphatic heterocycles. The molecule has 0 spiro atoms. The third-order valence-corrected chi connectivity index (χ3v) is 2.57. The van der Waals surface area contributed by atoms with Crippen molar-refractivity contribution in [1.29, 1.82) is 0 Å². The molecular weight excluding hydrogens is 266 g/mol. The summed E-state index contributed by atoms with van der Waals surface area (Å²) in [6.45, 7) is 10.6. The lowest BCUT2D eigenvalue weighted by Crippen LogP contribution is -2.22. The standard InChI is InChI=1S/C17H17NO3/c1-4-14(15(5-2)18-16(19)6-3)17(20)21-12-13-10-8-7-9-11-13/h4-11H,1-3,12H2,(H,18,19)/b15-14-. The molecule has 4 nitrogen and oxygen atoms in total. The Morgan fingerprint density at radius 2 is 1.71 bits per heavy atom. The third-order valence-electron chi connectivity index (χ3n) is 2.57. The summed E-state index contributed by atoms with van der Waals surface area (Å²) < 4.78 is 5.19. The number of benzene rings is 1. The van der Waals surface area contributed by atoms with E-state index in [1.54, 1.807) is 0 Å². The highest BCUT2D eigenvalue weighted by molar-refractivity contribution is 5.95. The summed E-state index contributed by atoms with van der Waals surface area (Å²) in [6.07, 6.45) is 3.76. The van der Waals surface area contributed by atoms with Crippen molar-refractivity contribution < 1.29 is 14.3 Å². The second kappa shape index (κ2) is 8.32. The minimum absolute atomic E-state index is 0.135. The van der Waals surface area contributed by atoms with Crippen molar-refractivity contribution in [3.8, 4) is 0 Å². The first-order chi connectivity index (χ1) is 10.1. The van der Waals surface area contributed by atoms with Crippen molar-refractivity contribution in [2.24, 2.45) is 0 Å². The summed E-state index contributed by atoms with van der Waals surface area (Å²) in [7, 11) is 0. The van der Waals surface area contributed by atoms with Crippen LogP contribution in [0.4, 0.5) is 0 Å². The second-order valence-electron chi connectivity index (χ2n) is 3.99. The van der Waals surface area contributed by atoms with Crippen LogP contribution < -0.4 is 5.32 Å². The second-order valence-corrected chi connectivity index (χ2v) is 3.99. The number of ether oxygens (including phenoxy) is 1. The number of rotatable bonds is 7. The van der Waals surface area contributed by atoms with E-state index in [-0.39, 0.29) is 17.9 Å². The largest absolute Gasteiger partial charge is 0.457 e. The van der Waals surface area contributed by atoms with Gasteiger partial charge in [-0.3, -0.25) is 4.79 Å². The first kappa shape index (κ1) is 16.2. The van der Waals surface area contributed by atoms with Gasteiger partial charge in [-0.15, -0.1) is 0 Å². The van der Waals surface area contributed by atoms with Crippen molar-refractivity contribution in [1.82, 2.24) is 5.32 Å². The summed E-state index contributed by atoms with van der Waals surface area (Å²) in [5.41, 5.74) is 1.23. The highest BCUT2D eigenvalue weighted by atomic mass is 16.5. The Kier molecular flexibility index (Phi) is 6.41. The van der Waals surface area contributed by atoms with Gasteiger partial charge in [0.1, 0.15) is 6.61 Å². The van der Waals surface area contributed by atoms with Crippen molar-refractivity contribution in [3.05, 3.63) is 85.1 Å². The highest BCUT2D eigenvalue weighted by Gasteiger charge is 2.13. The van der Waals surface area contributed by atoms with E-state index in [1.165, 1.54) is 12.2 Å². The zero-order valence-corrected chi connectivity index (χ0v) is 11.7. The van der Waals surface area contributed by atoms with E-state index >= 15 is 0 Å². The average molecular weight is 283 g/mol. The Morgan fingerprint density at radius 1 is 1.05 bits per heavy atom. The predicted molar refractivity (Wildman–Crippen MR) is 82.0 cm³/mol. The van der Waals surface area contributed by atoms with Crippen LogP contribution in [0.25, 0.3) is 0 Å². The minimum atomic E-state index is -0.590. The molecule has 0 heterocycles. The van der Waals surface area contributed by atoms with E-state index < -0.39 is 11.9 Å². The van der Waals surface area contributed by atoms with Gasteiger partial charge in [-0.1, -0.05) is 56.1 Å². The smallest absolute Gasteiger partial charge is 0.340 e. The molecule has 0 unspecified atom stereocenters. The molecular formula is C17H17NO3. The molecule has 0 aliphatic rings. The van der Waals surface area contributed by atoms with Gasteiger partial charge in [-0.05, 0) is 17.7 Å². The fourth-order valence-electron chi connectivity index (χ4n) is 1.52. The van der Waals surface area contributed by atoms with Gasteiger partial charge in [0.25, 0.3) is 0 Å². The number of allylic oxidation sites excluding steroid dienone is 1. The first-order valence-electron chi connectivity index (χ1n) is 6.26. The van der Waals surface area contributed by atoms with Gasteiger partial charge in [0.05, 0.1) is 11.3 Å². The maximum atomic E-state index is 12.0. The van der Waals surface area contributed by atoms with Crippen LogP contribution in [-0.4, -0.2) is 11.9 Å². The number of amides is 1. The minimum Gasteiger partial charge on any atom is -0.457 e. The number of hydrogen-bond acceptors (Lipinski definition) is 3. The molecule has 0 atom stereocenters. The summed E-state index contributed by atoms with van der Waals surface area (Å²) in [6, 6.07) is 9.28. The molecule has 108 valence electrons. The molecule has 4 heteroatoms. The quantitative estimate of drug-likeness (QED) is 0.475. The Morgan fingerprint density at radius 3 is 2.24 bits per heavy atom. The summed E-state index contributed by atoms with van der Waals surface area (Å²) in [5, 5.41) is 2.48. The maximum Gasteiger partial charge on any atom is 0.340 e. The van der Waals surface area contributed by atoms with Crippen molar-refractivity contribution in [2.75, 3.05) is 0 Å². The summed E-state index contributed by atoms with van der Waals surface area (Å²) in [4.78, 5) is 23.3. The molecule has 1 rings (SSSR count). The van der Waals surface area contributed by atoms with Crippen LogP contribution in [-0.2, 0) is 20.9 Å². The van der Waals surface area contributed by atoms with Crippen molar-refractivity contribution in [3.63, 3.8) is 0 Å². The van der Waals surface area contributed by atoms with Gasteiger partial charge in [-0.2, -0.15) is 0 Å². The van der Waals surface area contributed by atoms with Crippen LogP contribution in [0.3, 0.4) is 0 Å². The van der Waals surface area contributed by atoms with Crippen LogP contribution in [0.1, 0.15) is 5.56 Å². The van der Waals surface area contributed by atoms with E-state index in [4.69, 9.17) is 4.74 Å². The van der Waals surface area contributed by atoms with E-state index in [1.807, 2.05) is 30.3 Å². The summed E-state index contributed by atoms with van der Waals surface area (Å²) >= 11 is 0. The topological polar surface area (TPSA) is 55.4 Å². The monoisotopic (exact) mass is 283 g/mol. The molecule has 21 heavy (non-hydrogen) atoms. The SMILES string of the molecule is C=CC(=O)N/C(C=C)=C(/C=C)C(=O)OCc1ccccc1. The van der Waals surface area contributed by atoms with Crippen molar-refractivity contribution >= 4 is 11.9 Å². The average Bonchev–Trinajstić information content (AvgIpc) is 2.53. The molecule has 1 N–H and O–H groups in total. The molecule has 0 bridgehead atoms. The Hall–Kier alpha value is -2.88. The highest BCUT2D eigenvalue weighted by Crippen LogP contribution is 2.09. The first-order valence-corrected chi connectivity index (χ1v) is 6.26. The van der Waals surface area contributed by atoms with Crippen molar-refractivity contribution in [2.45, 2.75) is 6.61 Å². The van der Waals surface area contributed by atoms with Crippen LogP contribution in [0.15, 0.2) is 79.6 Å². The number of carbonyl (C=O) groups is 2. The van der Waals surface area contributed by atoms with Gasteiger partial charge >= 0.3 is 5.97 Å². The molecule has 0 fully saturated rings. The predicted octanol–water partition coefficient (Wildman–Crippen LogP) is 2.66. The number of hydrogen-bond donors (Lipinski definition) is 1. The number of nitrogens with one attached hydrogen (secondary N) is 1. The lowest BCUT2D eigenvalue weighted by Gasteiger charge is -2.10. The molecule has 0 aliphatic carbocycles. The van der Waals surface area contributed by atoms with Crippen LogP contribution in [0.2, 0.25) is 0 Å². The molecule has 1 amide bonds. The zero-order chi connectivity index (χ0) is 15.7. The molecule has 0 aromatic heterocycles. The lowest BCUT2D eigenvalue weighted by atomic mass is 10.2. The number of esters is 1. The van der Waals surface area contributed by atoms with Gasteiger partial charge < -0.3 is 10.1 Å². The molecule has 1 aromatic rings. The van der Waals surface area contributed by atoms with Crippen LogP contribution in [0, 0.1) is 0 Å². The summed E-state index contributed by atoms with van der Waals surface area (Å²) in [5.74, 6) is -1.03. The lowest BCUT2D eigenvalue weighted by molar-refractivity contribution is -0.139. The zero-order valence-electron chi connectivity index (χ0n) is 11.7. The Balaban J connectivity index is 2.84. The van der Waals surface area contributed by atoms with E-state index in [0.29, 0.717) is 0 Å². The Labute approximate surface area is 124 Å². The molecule has 1 aromatic carbocycles. The molecule has 0 saturated carbocycles. The molecule has 0 radical (unpaired) electrons.